The van der Waals surface area contributed by atoms with Crippen LogP contribution in [0.4, 0.5) is 0 Å². The fourth-order valence-electron chi connectivity index (χ4n) is 11.8. The van der Waals surface area contributed by atoms with Gasteiger partial charge in [0.2, 0.25) is 0 Å². The highest BCUT2D eigenvalue weighted by molar-refractivity contribution is 7.47. The van der Waals surface area contributed by atoms with Crippen LogP contribution >= 0.6 is 15.6 Å². The lowest BCUT2D eigenvalue weighted by atomic mass is 9.99. The van der Waals surface area contributed by atoms with E-state index in [4.69, 9.17) is 37.0 Å². The van der Waals surface area contributed by atoms with Gasteiger partial charge < -0.3 is 33.8 Å². The highest BCUT2D eigenvalue weighted by atomic mass is 31.2. The van der Waals surface area contributed by atoms with Gasteiger partial charge in [0.15, 0.2) is 12.2 Å². The van der Waals surface area contributed by atoms with Crippen LogP contribution in [0.25, 0.3) is 0 Å². The third kappa shape index (κ3) is 69.2. The highest BCUT2D eigenvalue weighted by Gasteiger charge is 2.30. The Morgan fingerprint density at radius 3 is 0.792 bits per heavy atom. The van der Waals surface area contributed by atoms with Crippen molar-refractivity contribution < 1.29 is 80.2 Å². The second-order valence-electron chi connectivity index (χ2n) is 28.5. The lowest BCUT2D eigenvalue weighted by Gasteiger charge is -2.21. The predicted octanol–water partition coefficient (Wildman–Crippen LogP) is 22.7. The van der Waals surface area contributed by atoms with Crippen molar-refractivity contribution in [3.05, 3.63) is 0 Å². The van der Waals surface area contributed by atoms with E-state index in [0.717, 1.165) is 102 Å². The quantitative estimate of drug-likeness (QED) is 0.0222. The average Bonchev–Trinajstić information content (AvgIpc) is 1.54. The summed E-state index contributed by atoms with van der Waals surface area (Å²) in [6.45, 7) is 9.56. The number of aliphatic hydroxyl groups excluding tert-OH is 1. The summed E-state index contributed by atoms with van der Waals surface area (Å²) in [5.41, 5.74) is 0. The minimum atomic E-state index is -4.96. The van der Waals surface area contributed by atoms with E-state index in [1.54, 1.807) is 0 Å². The molecule has 3 unspecified atom stereocenters. The van der Waals surface area contributed by atoms with Crippen LogP contribution in [-0.2, 0) is 65.4 Å². The van der Waals surface area contributed by atoms with Crippen molar-refractivity contribution in [2.24, 2.45) is 11.8 Å². The third-order valence-corrected chi connectivity index (χ3v) is 20.2. The number of rotatable bonds is 76. The lowest BCUT2D eigenvalue weighted by molar-refractivity contribution is -0.161. The van der Waals surface area contributed by atoms with Gasteiger partial charge in [0, 0.05) is 25.7 Å². The molecule has 96 heavy (non-hydrogen) atoms. The van der Waals surface area contributed by atoms with E-state index in [2.05, 4.69) is 41.5 Å². The molecule has 0 saturated carbocycles. The summed E-state index contributed by atoms with van der Waals surface area (Å²) >= 11 is 0. The molecule has 570 valence electrons. The summed E-state index contributed by atoms with van der Waals surface area (Å²) < 4.78 is 68.6. The molecular formula is C77H150O17P2. The molecule has 0 aliphatic heterocycles. The molecule has 0 aliphatic carbocycles. The monoisotopic (exact) mass is 1410 g/mol. The lowest BCUT2D eigenvalue weighted by Crippen LogP contribution is -2.30. The molecule has 0 heterocycles. The first-order valence-corrected chi connectivity index (χ1v) is 43.0. The second-order valence-corrected chi connectivity index (χ2v) is 31.4. The Morgan fingerprint density at radius 2 is 0.531 bits per heavy atom. The first-order chi connectivity index (χ1) is 46.4. The van der Waals surface area contributed by atoms with Crippen molar-refractivity contribution in [3.63, 3.8) is 0 Å². The predicted molar refractivity (Wildman–Crippen MR) is 391 cm³/mol. The van der Waals surface area contributed by atoms with E-state index in [9.17, 15) is 43.2 Å². The van der Waals surface area contributed by atoms with Crippen LogP contribution in [0.5, 0.6) is 0 Å². The van der Waals surface area contributed by atoms with Crippen LogP contribution in [0, 0.1) is 11.8 Å². The van der Waals surface area contributed by atoms with Gasteiger partial charge in [0.25, 0.3) is 0 Å². The SMILES string of the molecule is CCCCCCCCCCCCCCCCCCCCCCC(=O)O[C@H](COC(=O)CCCCCCCCCCCCCCC)COP(=O)(O)OC[C@@H](O)COP(=O)(O)OC[C@@H](COC(=O)CCCCCCCCCCC(C)C)OC(=O)CCCCCCCCCCC(C)CC. The molecule has 0 saturated heterocycles. The van der Waals surface area contributed by atoms with Gasteiger partial charge in [0.1, 0.15) is 19.3 Å². The van der Waals surface area contributed by atoms with E-state index >= 15 is 0 Å². The summed E-state index contributed by atoms with van der Waals surface area (Å²) in [6, 6.07) is 0. The zero-order valence-corrected chi connectivity index (χ0v) is 64.5. The summed E-state index contributed by atoms with van der Waals surface area (Å²) in [4.78, 5) is 72.8. The van der Waals surface area contributed by atoms with Gasteiger partial charge in [-0.3, -0.25) is 37.3 Å². The molecule has 17 nitrogen and oxygen atoms in total. The van der Waals surface area contributed by atoms with Crippen LogP contribution < -0.4 is 0 Å². The van der Waals surface area contributed by atoms with Crippen LogP contribution in [0.3, 0.4) is 0 Å². The maximum atomic E-state index is 13.1. The summed E-state index contributed by atoms with van der Waals surface area (Å²) in [5, 5.41) is 10.6. The Hall–Kier alpha value is -1.94. The fraction of sp³-hybridized carbons (Fsp3) is 0.948. The Morgan fingerprint density at radius 1 is 0.302 bits per heavy atom. The smallest absolute Gasteiger partial charge is 0.462 e. The molecule has 0 bridgehead atoms. The van der Waals surface area contributed by atoms with Crippen molar-refractivity contribution >= 4 is 39.5 Å². The number of phosphoric ester groups is 2. The van der Waals surface area contributed by atoms with Crippen molar-refractivity contribution in [2.45, 2.75) is 419 Å². The normalized spacial score (nSPS) is 14.3. The Bertz CT molecular complexity index is 1860. The molecule has 0 aromatic heterocycles. The molecule has 3 N–H and O–H groups in total. The number of carbonyl (C=O) groups excluding carboxylic acids is 4. The number of aliphatic hydroxyl groups is 1. The summed E-state index contributed by atoms with van der Waals surface area (Å²) in [7, 11) is -9.91. The van der Waals surface area contributed by atoms with E-state index < -0.39 is 97.5 Å². The molecule has 0 rings (SSSR count). The first-order valence-electron chi connectivity index (χ1n) is 40.0. The molecule has 0 aromatic rings. The molecule has 6 atom stereocenters. The molecule has 0 aromatic carbocycles. The van der Waals surface area contributed by atoms with E-state index in [-0.39, 0.29) is 25.7 Å². The topological polar surface area (TPSA) is 237 Å². The number of phosphoric acid groups is 2. The minimum Gasteiger partial charge on any atom is -0.462 e. The summed E-state index contributed by atoms with van der Waals surface area (Å²) in [6.07, 6.45) is 56.9. The first kappa shape index (κ1) is 94.1. The third-order valence-electron chi connectivity index (χ3n) is 18.3. The number of hydrogen-bond donors (Lipinski definition) is 3. The summed E-state index contributed by atoms with van der Waals surface area (Å²) in [5.74, 6) is -0.620. The van der Waals surface area contributed by atoms with Crippen LogP contribution in [0.15, 0.2) is 0 Å². The van der Waals surface area contributed by atoms with Crippen LogP contribution in [0.1, 0.15) is 401 Å². The van der Waals surface area contributed by atoms with Gasteiger partial charge in [0.05, 0.1) is 26.4 Å². The van der Waals surface area contributed by atoms with Gasteiger partial charge in [-0.1, -0.05) is 350 Å². The largest absolute Gasteiger partial charge is 0.472 e. The van der Waals surface area contributed by atoms with Gasteiger partial charge >= 0.3 is 39.5 Å². The molecule has 0 aliphatic rings. The zero-order valence-electron chi connectivity index (χ0n) is 62.7. The molecule has 19 heteroatoms. The van der Waals surface area contributed by atoms with Gasteiger partial charge in [-0.25, -0.2) is 9.13 Å². The number of ether oxygens (including phenoxy) is 4. The van der Waals surface area contributed by atoms with E-state index in [1.807, 2.05) is 0 Å². The zero-order chi connectivity index (χ0) is 70.7. The second kappa shape index (κ2) is 68.8. The Labute approximate surface area is 588 Å². The number of esters is 4. The van der Waals surface area contributed by atoms with Crippen molar-refractivity contribution in [1.29, 1.82) is 0 Å². The highest BCUT2D eigenvalue weighted by Crippen LogP contribution is 2.45. The van der Waals surface area contributed by atoms with Crippen molar-refractivity contribution in [1.82, 2.24) is 0 Å². The number of unbranched alkanes of at least 4 members (excludes halogenated alkanes) is 45. The Kier molecular flexibility index (Phi) is 67.4. The van der Waals surface area contributed by atoms with Crippen LogP contribution in [0.2, 0.25) is 0 Å². The van der Waals surface area contributed by atoms with Gasteiger partial charge in [-0.15, -0.1) is 0 Å². The number of carbonyl (C=O) groups is 4. The van der Waals surface area contributed by atoms with E-state index in [1.165, 1.54) is 218 Å². The molecule has 0 amide bonds. The maximum Gasteiger partial charge on any atom is 0.472 e. The molecular weight excluding hydrogens is 1260 g/mol. The number of hydrogen-bond acceptors (Lipinski definition) is 15. The Balaban J connectivity index is 5.22. The van der Waals surface area contributed by atoms with E-state index in [0.29, 0.717) is 25.7 Å². The molecule has 0 fully saturated rings. The molecule has 0 spiro atoms. The van der Waals surface area contributed by atoms with Crippen molar-refractivity contribution in [3.8, 4) is 0 Å². The fourth-order valence-corrected chi connectivity index (χ4v) is 13.4. The minimum absolute atomic E-state index is 0.105. The van der Waals surface area contributed by atoms with Crippen molar-refractivity contribution in [2.75, 3.05) is 39.6 Å². The standard InChI is InChI=1S/C77H150O17P2/c1-7-10-12-14-16-18-20-22-23-24-25-26-27-28-30-32-34-43-49-55-61-76(81)93-72(65-87-74(79)59-53-47-41-33-31-29-21-19-17-15-13-11-8-2)67-91-95(83,84)89-63-71(78)64-90-96(85,86)92-68-73(66-88-75(80)60-54-48-42-37-35-39-45-51-57-69(4)5)94-77(82)62-56-50-44-38-36-40-46-52-58-70(6)9-3/h69-73,78H,7-68H2,1-6H3,(H,83,84)(H,85,86)/t70?,71-,72-,73-/m1/s1. The average molecular weight is 1410 g/mol. The maximum absolute atomic E-state index is 13.1. The van der Waals surface area contributed by atoms with Gasteiger partial charge in [-0.05, 0) is 37.5 Å². The molecule has 0 radical (unpaired) electrons. The van der Waals surface area contributed by atoms with Crippen LogP contribution in [-0.4, -0.2) is 96.7 Å². The van der Waals surface area contributed by atoms with Gasteiger partial charge in [-0.2, -0.15) is 0 Å².